The van der Waals surface area contributed by atoms with Crippen molar-refractivity contribution >= 4 is 58.2 Å². The lowest BCUT2D eigenvalue weighted by molar-refractivity contribution is 1.74. The van der Waals surface area contributed by atoms with Crippen molar-refractivity contribution < 1.29 is 0 Å². The fourth-order valence-electron chi connectivity index (χ4n) is 2.44. The van der Waals surface area contributed by atoms with Gasteiger partial charge in [-0.3, -0.25) is 0 Å². The molecule has 0 aliphatic carbocycles. The van der Waals surface area contributed by atoms with Gasteiger partial charge in [0, 0.05) is 24.6 Å². The first-order chi connectivity index (χ1) is 8.81. The van der Waals surface area contributed by atoms with Crippen LogP contribution in [0.15, 0.2) is 59.1 Å². The largest absolute Gasteiger partial charge is 0.135 e. The summed E-state index contributed by atoms with van der Waals surface area (Å²) in [6.07, 6.45) is 0. The molecule has 0 spiro atoms. The molecule has 0 aliphatic rings. The first kappa shape index (κ1) is 10.5. The molecule has 0 N–H and O–H groups in total. The van der Waals surface area contributed by atoms with Gasteiger partial charge in [-0.15, -0.1) is 11.3 Å². The van der Waals surface area contributed by atoms with E-state index < -0.39 is 0 Å². The molecule has 0 saturated heterocycles. The van der Waals surface area contributed by atoms with E-state index in [0.29, 0.717) is 0 Å². The summed E-state index contributed by atoms with van der Waals surface area (Å²) in [7, 11) is 0. The minimum Gasteiger partial charge on any atom is -0.135 e. The van der Waals surface area contributed by atoms with Gasteiger partial charge in [0.1, 0.15) is 0 Å². The molecule has 0 aliphatic heterocycles. The molecule has 1 heterocycles. The average molecular weight is 313 g/mol. The number of fused-ring (bicyclic) bond motifs is 4. The van der Waals surface area contributed by atoms with Crippen LogP contribution in [0.3, 0.4) is 0 Å². The lowest BCUT2D eigenvalue weighted by Gasteiger charge is -1.99. The quantitative estimate of drug-likeness (QED) is 0.375. The molecular weight excluding hydrogens is 304 g/mol. The van der Waals surface area contributed by atoms with Gasteiger partial charge in [-0.2, -0.15) is 0 Å². The topological polar surface area (TPSA) is 0 Å². The zero-order valence-corrected chi connectivity index (χ0v) is 11.9. The van der Waals surface area contributed by atoms with Crippen LogP contribution in [0.4, 0.5) is 0 Å². The van der Waals surface area contributed by atoms with Crippen molar-refractivity contribution in [2.24, 2.45) is 0 Å². The maximum absolute atomic E-state index is 3.53. The van der Waals surface area contributed by atoms with E-state index in [9.17, 15) is 0 Å². The van der Waals surface area contributed by atoms with Crippen molar-refractivity contribution in [2.75, 3.05) is 0 Å². The average Bonchev–Trinajstić information content (AvgIpc) is 2.73. The maximum Gasteiger partial charge on any atom is 0.0361 e. The highest BCUT2D eigenvalue weighted by atomic mass is 79.9. The monoisotopic (exact) mass is 312 g/mol. The Morgan fingerprint density at radius 3 is 2.56 bits per heavy atom. The Morgan fingerprint density at radius 1 is 0.722 bits per heavy atom. The molecule has 2 heteroatoms. The first-order valence-corrected chi connectivity index (χ1v) is 7.43. The van der Waals surface area contributed by atoms with Crippen LogP contribution in [-0.2, 0) is 0 Å². The Balaban J connectivity index is 2.23. The van der Waals surface area contributed by atoms with Gasteiger partial charge in [0.15, 0.2) is 0 Å². The SMILES string of the molecule is Brc1ccc2cc3c(cc2c1)sc1ccccc13. The van der Waals surface area contributed by atoms with Gasteiger partial charge in [-0.25, -0.2) is 0 Å². The lowest BCUT2D eigenvalue weighted by atomic mass is 10.1. The van der Waals surface area contributed by atoms with Crippen molar-refractivity contribution in [3.8, 4) is 0 Å². The van der Waals surface area contributed by atoms with Crippen molar-refractivity contribution in [1.29, 1.82) is 0 Å². The van der Waals surface area contributed by atoms with Crippen molar-refractivity contribution in [3.05, 3.63) is 59.1 Å². The van der Waals surface area contributed by atoms with E-state index in [1.165, 1.54) is 30.9 Å². The normalized spacial score (nSPS) is 11.6. The minimum atomic E-state index is 1.13. The van der Waals surface area contributed by atoms with Crippen LogP contribution in [0.1, 0.15) is 0 Å². The van der Waals surface area contributed by atoms with E-state index >= 15 is 0 Å². The number of halogens is 1. The van der Waals surface area contributed by atoms with Crippen LogP contribution < -0.4 is 0 Å². The van der Waals surface area contributed by atoms with Gasteiger partial charge in [0.05, 0.1) is 0 Å². The van der Waals surface area contributed by atoms with Crippen LogP contribution >= 0.6 is 27.3 Å². The van der Waals surface area contributed by atoms with Crippen molar-refractivity contribution in [3.63, 3.8) is 0 Å². The van der Waals surface area contributed by atoms with Crippen LogP contribution in [0.5, 0.6) is 0 Å². The fraction of sp³-hybridized carbons (Fsp3) is 0. The van der Waals surface area contributed by atoms with Crippen molar-refractivity contribution in [2.45, 2.75) is 0 Å². The van der Waals surface area contributed by atoms with E-state index in [-0.39, 0.29) is 0 Å². The van der Waals surface area contributed by atoms with E-state index in [1.807, 2.05) is 11.3 Å². The molecule has 86 valence electrons. The van der Waals surface area contributed by atoms with Crippen LogP contribution in [0.25, 0.3) is 30.9 Å². The Morgan fingerprint density at radius 2 is 1.61 bits per heavy atom. The Bertz CT molecular complexity index is 889. The number of thiophene rings is 1. The van der Waals surface area contributed by atoms with Gasteiger partial charge in [-0.05, 0) is 41.1 Å². The second-order valence-corrected chi connectivity index (χ2v) is 6.44. The molecule has 3 aromatic carbocycles. The molecule has 0 unspecified atom stereocenters. The highest BCUT2D eigenvalue weighted by molar-refractivity contribution is 9.10. The molecule has 1 aromatic heterocycles. The second-order valence-electron chi connectivity index (χ2n) is 4.44. The highest BCUT2D eigenvalue weighted by Gasteiger charge is 2.05. The molecule has 18 heavy (non-hydrogen) atoms. The van der Waals surface area contributed by atoms with E-state index in [1.54, 1.807) is 0 Å². The zero-order valence-electron chi connectivity index (χ0n) is 9.48. The van der Waals surface area contributed by atoms with Crippen LogP contribution in [0, 0.1) is 0 Å². The first-order valence-electron chi connectivity index (χ1n) is 5.82. The summed E-state index contributed by atoms with van der Waals surface area (Å²) >= 11 is 5.40. The maximum atomic E-state index is 3.53. The number of hydrogen-bond donors (Lipinski definition) is 0. The zero-order chi connectivity index (χ0) is 12.1. The molecule has 0 saturated carbocycles. The highest BCUT2D eigenvalue weighted by Crippen LogP contribution is 2.36. The molecule has 0 atom stereocenters. The van der Waals surface area contributed by atoms with Crippen LogP contribution in [-0.4, -0.2) is 0 Å². The Kier molecular flexibility index (Phi) is 2.23. The summed E-state index contributed by atoms with van der Waals surface area (Å²) in [5.41, 5.74) is 0. The van der Waals surface area contributed by atoms with Gasteiger partial charge < -0.3 is 0 Å². The fourth-order valence-corrected chi connectivity index (χ4v) is 3.95. The summed E-state index contributed by atoms with van der Waals surface area (Å²) in [4.78, 5) is 0. The third-order valence-electron chi connectivity index (χ3n) is 3.30. The lowest BCUT2D eigenvalue weighted by Crippen LogP contribution is -1.73. The van der Waals surface area contributed by atoms with Crippen molar-refractivity contribution in [1.82, 2.24) is 0 Å². The molecule has 4 aromatic rings. The number of hydrogen-bond acceptors (Lipinski definition) is 1. The number of rotatable bonds is 0. The molecule has 4 rings (SSSR count). The van der Waals surface area contributed by atoms with Crippen LogP contribution in [0.2, 0.25) is 0 Å². The van der Waals surface area contributed by atoms with Gasteiger partial charge >= 0.3 is 0 Å². The Hall–Kier alpha value is -1.38. The van der Waals surface area contributed by atoms with Gasteiger partial charge in [0.2, 0.25) is 0 Å². The number of benzene rings is 3. The summed E-state index contributed by atoms with van der Waals surface area (Å²) in [5, 5.41) is 5.32. The molecular formula is C16H9BrS. The third-order valence-corrected chi connectivity index (χ3v) is 4.92. The predicted octanol–water partition coefficient (Wildman–Crippen LogP) is 5.97. The smallest absolute Gasteiger partial charge is 0.0361 e. The molecule has 0 amide bonds. The van der Waals surface area contributed by atoms with E-state index in [0.717, 1.165) is 4.47 Å². The minimum absolute atomic E-state index is 1.13. The second kappa shape index (κ2) is 3.81. The van der Waals surface area contributed by atoms with E-state index in [4.69, 9.17) is 0 Å². The predicted molar refractivity (Wildman–Crippen MR) is 84.5 cm³/mol. The summed E-state index contributed by atoms with van der Waals surface area (Å²) in [6, 6.07) is 19.7. The summed E-state index contributed by atoms with van der Waals surface area (Å²) in [6.45, 7) is 0. The Labute approximate surface area is 117 Å². The molecule has 0 radical (unpaired) electrons. The van der Waals surface area contributed by atoms with E-state index in [2.05, 4.69) is 70.5 Å². The molecule has 0 nitrogen and oxygen atoms in total. The summed E-state index contributed by atoms with van der Waals surface area (Å²) in [5.74, 6) is 0. The third kappa shape index (κ3) is 1.49. The molecule has 0 fully saturated rings. The van der Waals surface area contributed by atoms with Gasteiger partial charge in [0.25, 0.3) is 0 Å². The van der Waals surface area contributed by atoms with Gasteiger partial charge in [-0.1, -0.05) is 40.2 Å². The summed E-state index contributed by atoms with van der Waals surface area (Å²) < 4.78 is 3.86. The standard InChI is InChI=1S/C16H9BrS/c17-12-6-5-10-8-14-13-3-1-2-4-15(13)18-16(14)9-11(10)7-12/h1-9H. The molecule has 0 bridgehead atoms.